The van der Waals surface area contributed by atoms with Crippen LogP contribution >= 0.6 is 11.3 Å². The minimum atomic E-state index is -0.0553. The van der Waals surface area contributed by atoms with Crippen molar-refractivity contribution in [2.24, 2.45) is 11.3 Å². The molecular weight excluding hydrogens is 358 g/mol. The van der Waals surface area contributed by atoms with Crippen LogP contribution in [0.3, 0.4) is 0 Å². The van der Waals surface area contributed by atoms with Crippen LogP contribution in [0, 0.1) is 11.3 Å². The predicted octanol–water partition coefficient (Wildman–Crippen LogP) is 2.98. The first-order valence-corrected chi connectivity index (χ1v) is 11.4. The van der Waals surface area contributed by atoms with Gasteiger partial charge in [-0.05, 0) is 50.2 Å². The van der Waals surface area contributed by atoms with Gasteiger partial charge in [-0.3, -0.25) is 9.59 Å². The van der Waals surface area contributed by atoms with Gasteiger partial charge in [-0.2, -0.15) is 0 Å². The fourth-order valence-corrected chi connectivity index (χ4v) is 5.96. The van der Waals surface area contributed by atoms with Crippen molar-refractivity contribution in [1.82, 2.24) is 15.1 Å². The Labute approximate surface area is 166 Å². The Morgan fingerprint density at radius 3 is 2.63 bits per heavy atom. The average molecular weight is 390 g/mol. The van der Waals surface area contributed by atoms with E-state index in [2.05, 4.69) is 10.2 Å². The number of carbonyl (C=O) groups excluding carboxylic acids is 2. The lowest BCUT2D eigenvalue weighted by Gasteiger charge is -2.37. The second kappa shape index (κ2) is 8.31. The standard InChI is InChI=1S/C21H31N3O2S/c25-19(22-10-13-23-11-4-5-12-23)17-15-24(20(26)18-7-6-14-27-18)16-21(17)8-2-1-3-9-21/h6-7,14,17H,1-5,8-13,15-16H2,(H,22,25). The molecule has 2 amide bonds. The monoisotopic (exact) mass is 389 g/mol. The van der Waals surface area contributed by atoms with Crippen LogP contribution in [0.25, 0.3) is 0 Å². The van der Waals surface area contributed by atoms with Crippen molar-refractivity contribution in [1.29, 1.82) is 0 Å². The molecule has 1 spiro atoms. The molecule has 1 aromatic rings. The Morgan fingerprint density at radius 1 is 1.15 bits per heavy atom. The van der Waals surface area contributed by atoms with Gasteiger partial charge in [0.25, 0.3) is 5.91 Å². The molecule has 2 saturated heterocycles. The molecule has 1 unspecified atom stereocenters. The summed E-state index contributed by atoms with van der Waals surface area (Å²) in [7, 11) is 0. The van der Waals surface area contributed by atoms with Crippen molar-refractivity contribution in [3.63, 3.8) is 0 Å². The summed E-state index contributed by atoms with van der Waals surface area (Å²) in [5.74, 6) is 0.209. The summed E-state index contributed by atoms with van der Waals surface area (Å²) in [6.07, 6.45) is 8.32. The first-order valence-electron chi connectivity index (χ1n) is 10.5. The SMILES string of the molecule is O=C(NCCN1CCCC1)C1CN(C(=O)c2cccs2)CC12CCCCC2. The van der Waals surface area contributed by atoms with Crippen LogP contribution in [-0.2, 0) is 4.79 Å². The molecule has 0 aromatic carbocycles. The molecule has 3 heterocycles. The van der Waals surface area contributed by atoms with E-state index in [1.165, 1.54) is 43.4 Å². The fraction of sp³-hybridized carbons (Fsp3) is 0.714. The topological polar surface area (TPSA) is 52.7 Å². The van der Waals surface area contributed by atoms with Gasteiger partial charge in [0.2, 0.25) is 5.91 Å². The zero-order valence-corrected chi connectivity index (χ0v) is 16.9. The molecule has 148 valence electrons. The second-order valence-electron chi connectivity index (χ2n) is 8.48. The molecule has 1 N–H and O–H groups in total. The number of nitrogens with zero attached hydrogens (tertiary/aromatic N) is 2. The number of amides is 2. The summed E-state index contributed by atoms with van der Waals surface area (Å²) in [6.45, 7) is 5.31. The highest BCUT2D eigenvalue weighted by atomic mass is 32.1. The molecule has 0 bridgehead atoms. The molecule has 27 heavy (non-hydrogen) atoms. The van der Waals surface area contributed by atoms with Crippen molar-refractivity contribution in [3.05, 3.63) is 22.4 Å². The molecule has 1 saturated carbocycles. The Hall–Kier alpha value is -1.40. The number of carbonyl (C=O) groups is 2. The highest BCUT2D eigenvalue weighted by molar-refractivity contribution is 7.12. The lowest BCUT2D eigenvalue weighted by atomic mass is 9.67. The normalized spacial score (nSPS) is 25.2. The Kier molecular flexibility index (Phi) is 5.83. The van der Waals surface area contributed by atoms with Gasteiger partial charge < -0.3 is 15.1 Å². The molecule has 4 rings (SSSR count). The maximum atomic E-state index is 13.1. The molecule has 2 aliphatic heterocycles. The van der Waals surface area contributed by atoms with Gasteiger partial charge in [0.05, 0.1) is 10.8 Å². The highest BCUT2D eigenvalue weighted by Crippen LogP contribution is 2.48. The summed E-state index contributed by atoms with van der Waals surface area (Å²) in [5, 5.41) is 5.15. The zero-order valence-electron chi connectivity index (χ0n) is 16.1. The fourth-order valence-electron chi connectivity index (χ4n) is 5.27. The van der Waals surface area contributed by atoms with E-state index in [4.69, 9.17) is 0 Å². The van der Waals surface area contributed by atoms with E-state index in [1.807, 2.05) is 22.4 Å². The van der Waals surface area contributed by atoms with Crippen molar-refractivity contribution < 1.29 is 9.59 Å². The first kappa shape index (κ1) is 18.9. The lowest BCUT2D eigenvalue weighted by molar-refractivity contribution is -0.128. The minimum Gasteiger partial charge on any atom is -0.354 e. The van der Waals surface area contributed by atoms with Crippen molar-refractivity contribution >= 4 is 23.2 Å². The third-order valence-corrected chi connectivity index (χ3v) is 7.62. The smallest absolute Gasteiger partial charge is 0.263 e. The van der Waals surface area contributed by atoms with Gasteiger partial charge in [-0.25, -0.2) is 0 Å². The van der Waals surface area contributed by atoms with E-state index < -0.39 is 0 Å². The van der Waals surface area contributed by atoms with Crippen molar-refractivity contribution in [2.45, 2.75) is 44.9 Å². The van der Waals surface area contributed by atoms with Gasteiger partial charge >= 0.3 is 0 Å². The molecule has 3 fully saturated rings. The third kappa shape index (κ3) is 4.06. The van der Waals surface area contributed by atoms with Gasteiger partial charge in [0, 0.05) is 31.6 Å². The maximum Gasteiger partial charge on any atom is 0.263 e. The van der Waals surface area contributed by atoms with E-state index in [1.54, 1.807) is 0 Å². The van der Waals surface area contributed by atoms with Gasteiger partial charge in [0.1, 0.15) is 0 Å². The summed E-state index contributed by atoms with van der Waals surface area (Å²) >= 11 is 1.49. The van der Waals surface area contributed by atoms with E-state index in [0.29, 0.717) is 6.54 Å². The van der Waals surface area contributed by atoms with Crippen LogP contribution < -0.4 is 5.32 Å². The van der Waals surface area contributed by atoms with Crippen LogP contribution in [0.2, 0.25) is 0 Å². The molecule has 0 radical (unpaired) electrons. The summed E-state index contributed by atoms with van der Waals surface area (Å²) in [6, 6.07) is 3.82. The van der Waals surface area contributed by atoms with E-state index >= 15 is 0 Å². The largest absolute Gasteiger partial charge is 0.354 e. The number of hydrogen-bond acceptors (Lipinski definition) is 4. The van der Waals surface area contributed by atoms with Crippen molar-refractivity contribution in [2.75, 3.05) is 39.3 Å². The third-order valence-electron chi connectivity index (χ3n) is 6.76. The Balaban J connectivity index is 1.41. The Bertz CT molecular complexity index is 648. The second-order valence-corrected chi connectivity index (χ2v) is 9.43. The lowest BCUT2D eigenvalue weighted by Crippen LogP contribution is -2.44. The number of hydrogen-bond donors (Lipinski definition) is 1. The summed E-state index contributed by atoms with van der Waals surface area (Å²) in [4.78, 5) is 31.1. The Morgan fingerprint density at radius 2 is 1.93 bits per heavy atom. The van der Waals surface area contributed by atoms with Gasteiger partial charge in [-0.15, -0.1) is 11.3 Å². The number of nitrogens with one attached hydrogen (secondary N) is 1. The number of rotatable bonds is 5. The average Bonchev–Trinajstić information content (AvgIpc) is 3.43. The van der Waals surface area contributed by atoms with Crippen LogP contribution in [0.5, 0.6) is 0 Å². The predicted molar refractivity (Wildman–Crippen MR) is 108 cm³/mol. The molecule has 1 aliphatic carbocycles. The van der Waals surface area contributed by atoms with Gasteiger partial charge in [0.15, 0.2) is 0 Å². The molecule has 6 heteroatoms. The minimum absolute atomic E-state index is 0.0110. The van der Waals surface area contributed by atoms with Crippen LogP contribution in [0.4, 0.5) is 0 Å². The molecule has 5 nitrogen and oxygen atoms in total. The molecule has 1 aromatic heterocycles. The van der Waals surface area contributed by atoms with E-state index in [-0.39, 0.29) is 23.1 Å². The number of thiophene rings is 1. The molecule has 1 atom stereocenters. The summed E-state index contributed by atoms with van der Waals surface area (Å²) < 4.78 is 0. The van der Waals surface area contributed by atoms with Crippen LogP contribution in [-0.4, -0.2) is 60.9 Å². The van der Waals surface area contributed by atoms with E-state index in [9.17, 15) is 9.59 Å². The van der Waals surface area contributed by atoms with E-state index in [0.717, 1.165) is 50.4 Å². The van der Waals surface area contributed by atoms with Crippen LogP contribution in [0.1, 0.15) is 54.6 Å². The quantitative estimate of drug-likeness (QED) is 0.842. The molecule has 3 aliphatic rings. The maximum absolute atomic E-state index is 13.1. The zero-order chi connectivity index (χ0) is 18.7. The van der Waals surface area contributed by atoms with Crippen LogP contribution in [0.15, 0.2) is 17.5 Å². The summed E-state index contributed by atoms with van der Waals surface area (Å²) in [5.41, 5.74) is -0.0110. The first-order chi connectivity index (χ1) is 13.2. The van der Waals surface area contributed by atoms with Gasteiger partial charge in [-0.1, -0.05) is 25.3 Å². The molecular formula is C21H31N3O2S. The number of likely N-dealkylation sites (tertiary alicyclic amines) is 2. The highest BCUT2D eigenvalue weighted by Gasteiger charge is 2.51. The van der Waals surface area contributed by atoms with Crippen molar-refractivity contribution in [3.8, 4) is 0 Å².